The molecule has 2 rings (SSSR count). The van der Waals surface area contributed by atoms with Gasteiger partial charge in [0.1, 0.15) is 0 Å². The zero-order chi connectivity index (χ0) is 13.1. The second-order valence-corrected chi connectivity index (χ2v) is 3.54. The van der Waals surface area contributed by atoms with E-state index in [9.17, 15) is 13.2 Å². The van der Waals surface area contributed by atoms with E-state index in [1.54, 1.807) is 16.8 Å². The molecule has 1 N–H and O–H groups in total. The van der Waals surface area contributed by atoms with Crippen LogP contribution < -0.4 is 5.32 Å². The number of benzene rings is 1. The van der Waals surface area contributed by atoms with Crippen LogP contribution in [0.25, 0.3) is 0 Å². The Bertz CT molecular complexity index is 578. The van der Waals surface area contributed by atoms with E-state index in [4.69, 9.17) is 0 Å². The Morgan fingerprint density at radius 1 is 1.28 bits per heavy atom. The summed E-state index contributed by atoms with van der Waals surface area (Å²) in [6.45, 7) is 4.03. The van der Waals surface area contributed by atoms with Crippen molar-refractivity contribution in [2.45, 2.75) is 6.54 Å². The molecule has 6 heteroatoms. The average Bonchev–Trinajstić information content (AvgIpc) is 2.78. The van der Waals surface area contributed by atoms with Crippen LogP contribution >= 0.6 is 0 Å². The lowest BCUT2D eigenvalue weighted by Gasteiger charge is -2.09. The van der Waals surface area contributed by atoms with E-state index in [-0.39, 0.29) is 5.69 Å². The molecule has 0 spiro atoms. The van der Waals surface area contributed by atoms with Crippen LogP contribution in [0.3, 0.4) is 0 Å². The van der Waals surface area contributed by atoms with Crippen molar-refractivity contribution in [3.63, 3.8) is 0 Å². The van der Waals surface area contributed by atoms with Gasteiger partial charge in [-0.15, -0.1) is 6.58 Å². The van der Waals surface area contributed by atoms with Crippen LogP contribution in [-0.4, -0.2) is 9.55 Å². The first-order chi connectivity index (χ1) is 8.63. The van der Waals surface area contributed by atoms with Gasteiger partial charge in [0.2, 0.25) is 5.95 Å². The molecule has 94 valence electrons. The highest BCUT2D eigenvalue weighted by atomic mass is 19.2. The number of aromatic nitrogens is 2. The number of rotatable bonds is 4. The third-order valence-electron chi connectivity index (χ3n) is 2.32. The molecule has 0 fully saturated rings. The van der Waals surface area contributed by atoms with Crippen molar-refractivity contribution < 1.29 is 13.2 Å². The van der Waals surface area contributed by atoms with E-state index in [0.717, 1.165) is 12.1 Å². The minimum absolute atomic E-state index is 0.176. The maximum absolute atomic E-state index is 13.4. The van der Waals surface area contributed by atoms with Crippen LogP contribution in [0.1, 0.15) is 0 Å². The fourth-order valence-electron chi connectivity index (χ4n) is 1.46. The van der Waals surface area contributed by atoms with Gasteiger partial charge < -0.3 is 9.88 Å². The van der Waals surface area contributed by atoms with Gasteiger partial charge in [-0.3, -0.25) is 0 Å². The van der Waals surface area contributed by atoms with Crippen molar-refractivity contribution in [3.8, 4) is 0 Å². The standard InChI is InChI=1S/C12H10F3N3/c1-2-6-18-7-5-16-12(18)17-9-4-3-8(13)10(14)11(9)15/h2-5,7H,1,6H2,(H,16,17). The van der Waals surface area contributed by atoms with Crippen LogP contribution in [0.5, 0.6) is 0 Å². The third-order valence-corrected chi connectivity index (χ3v) is 2.32. The Balaban J connectivity index is 2.31. The molecule has 0 atom stereocenters. The number of imidazole rings is 1. The minimum Gasteiger partial charge on any atom is -0.323 e. The Morgan fingerprint density at radius 3 is 2.78 bits per heavy atom. The van der Waals surface area contributed by atoms with Crippen LogP contribution in [0, 0.1) is 17.5 Å². The highest BCUT2D eigenvalue weighted by molar-refractivity contribution is 5.54. The number of nitrogens with zero attached hydrogens (tertiary/aromatic N) is 2. The first kappa shape index (κ1) is 12.2. The van der Waals surface area contributed by atoms with Crippen molar-refractivity contribution in [2.75, 3.05) is 5.32 Å². The molecule has 1 aromatic carbocycles. The van der Waals surface area contributed by atoms with Gasteiger partial charge in [0.15, 0.2) is 17.5 Å². The highest BCUT2D eigenvalue weighted by Gasteiger charge is 2.14. The molecule has 0 bridgehead atoms. The van der Waals surface area contributed by atoms with Gasteiger partial charge in [0, 0.05) is 18.9 Å². The molecule has 2 aromatic rings. The summed E-state index contributed by atoms with van der Waals surface area (Å²) in [5, 5.41) is 2.60. The molecule has 0 unspecified atom stereocenters. The van der Waals surface area contributed by atoms with E-state index in [1.807, 2.05) is 0 Å². The molecular weight excluding hydrogens is 243 g/mol. The topological polar surface area (TPSA) is 29.9 Å². The molecule has 18 heavy (non-hydrogen) atoms. The summed E-state index contributed by atoms with van der Waals surface area (Å²) in [5.74, 6) is -3.70. The lowest BCUT2D eigenvalue weighted by Crippen LogP contribution is -2.04. The largest absolute Gasteiger partial charge is 0.323 e. The van der Waals surface area contributed by atoms with E-state index in [0.29, 0.717) is 12.5 Å². The summed E-state index contributed by atoms with van der Waals surface area (Å²) in [6.07, 6.45) is 4.79. The highest BCUT2D eigenvalue weighted by Crippen LogP contribution is 2.22. The van der Waals surface area contributed by atoms with Crippen molar-refractivity contribution in [1.82, 2.24) is 9.55 Å². The van der Waals surface area contributed by atoms with Crippen LogP contribution in [0.2, 0.25) is 0 Å². The average molecular weight is 253 g/mol. The lowest BCUT2D eigenvalue weighted by atomic mass is 10.3. The second-order valence-electron chi connectivity index (χ2n) is 3.54. The summed E-state index contributed by atoms with van der Waals surface area (Å²) in [4.78, 5) is 3.94. The van der Waals surface area contributed by atoms with Gasteiger partial charge in [-0.2, -0.15) is 0 Å². The Morgan fingerprint density at radius 2 is 2.06 bits per heavy atom. The van der Waals surface area contributed by atoms with Crippen LogP contribution in [-0.2, 0) is 6.54 Å². The lowest BCUT2D eigenvalue weighted by molar-refractivity contribution is 0.449. The van der Waals surface area contributed by atoms with Crippen molar-refractivity contribution in [3.05, 3.63) is 54.6 Å². The first-order valence-corrected chi connectivity index (χ1v) is 5.16. The molecule has 0 aliphatic rings. The molecule has 1 aromatic heterocycles. The van der Waals surface area contributed by atoms with E-state index in [1.165, 1.54) is 6.20 Å². The maximum Gasteiger partial charge on any atom is 0.207 e. The van der Waals surface area contributed by atoms with Crippen LogP contribution in [0.4, 0.5) is 24.8 Å². The van der Waals surface area contributed by atoms with Crippen LogP contribution in [0.15, 0.2) is 37.2 Å². The van der Waals surface area contributed by atoms with Crippen molar-refractivity contribution in [1.29, 1.82) is 0 Å². The normalized spacial score (nSPS) is 10.4. The maximum atomic E-state index is 13.4. The first-order valence-electron chi connectivity index (χ1n) is 5.16. The van der Waals surface area contributed by atoms with E-state index >= 15 is 0 Å². The summed E-state index contributed by atoms with van der Waals surface area (Å²) in [5.41, 5.74) is -0.176. The number of hydrogen-bond donors (Lipinski definition) is 1. The Hall–Kier alpha value is -2.24. The predicted octanol–water partition coefficient (Wildman–Crippen LogP) is 3.23. The molecule has 3 nitrogen and oxygen atoms in total. The van der Waals surface area contributed by atoms with E-state index in [2.05, 4.69) is 16.9 Å². The predicted molar refractivity (Wildman–Crippen MR) is 62.0 cm³/mol. The van der Waals surface area contributed by atoms with Crippen molar-refractivity contribution in [2.24, 2.45) is 0 Å². The fraction of sp³-hybridized carbons (Fsp3) is 0.0833. The minimum atomic E-state index is -1.51. The summed E-state index contributed by atoms with van der Waals surface area (Å²) in [6, 6.07) is 1.96. The molecule has 0 radical (unpaired) electrons. The van der Waals surface area contributed by atoms with Gasteiger partial charge in [-0.05, 0) is 12.1 Å². The zero-order valence-electron chi connectivity index (χ0n) is 9.33. The van der Waals surface area contributed by atoms with Gasteiger partial charge >= 0.3 is 0 Å². The van der Waals surface area contributed by atoms with Gasteiger partial charge in [0.05, 0.1) is 5.69 Å². The summed E-state index contributed by atoms with van der Waals surface area (Å²) in [7, 11) is 0. The Kier molecular flexibility index (Phi) is 3.36. The number of hydrogen-bond acceptors (Lipinski definition) is 2. The smallest absolute Gasteiger partial charge is 0.207 e. The summed E-state index contributed by atoms with van der Waals surface area (Å²) >= 11 is 0. The Labute approximate surface area is 102 Å². The molecular formula is C12H10F3N3. The van der Waals surface area contributed by atoms with Crippen molar-refractivity contribution >= 4 is 11.6 Å². The monoisotopic (exact) mass is 253 g/mol. The molecule has 0 aliphatic carbocycles. The number of nitrogens with one attached hydrogen (secondary N) is 1. The molecule has 0 saturated heterocycles. The van der Waals surface area contributed by atoms with Gasteiger partial charge in [-0.25, -0.2) is 18.2 Å². The van der Waals surface area contributed by atoms with Gasteiger partial charge in [0.25, 0.3) is 0 Å². The molecule has 0 amide bonds. The number of anilines is 2. The van der Waals surface area contributed by atoms with Gasteiger partial charge in [-0.1, -0.05) is 6.08 Å². The zero-order valence-corrected chi connectivity index (χ0v) is 9.33. The van der Waals surface area contributed by atoms with E-state index < -0.39 is 17.5 Å². The molecule has 0 saturated carbocycles. The molecule has 0 aliphatic heterocycles. The third kappa shape index (κ3) is 2.22. The SMILES string of the molecule is C=CCn1ccnc1Nc1ccc(F)c(F)c1F. The number of halogens is 3. The molecule has 1 heterocycles. The fourth-order valence-corrected chi connectivity index (χ4v) is 1.46. The second kappa shape index (κ2) is 4.95. The quantitative estimate of drug-likeness (QED) is 0.669. The summed E-state index contributed by atoms with van der Waals surface area (Å²) < 4.78 is 40.9. The number of allylic oxidation sites excluding steroid dienone is 1.